The maximum Gasteiger partial charge on any atom is 0.264 e. The molecule has 156 valence electrons. The second-order valence-electron chi connectivity index (χ2n) is 7.48. The molecule has 0 heterocycles. The normalized spacial score (nSPS) is 11.2. The molecular weight excluding hydrogens is 396 g/mol. The van der Waals surface area contributed by atoms with Crippen LogP contribution in [-0.2, 0) is 14.8 Å². The quantitative estimate of drug-likeness (QED) is 0.623. The van der Waals surface area contributed by atoms with Gasteiger partial charge >= 0.3 is 0 Å². The van der Waals surface area contributed by atoms with Gasteiger partial charge in [0.1, 0.15) is 6.54 Å². The zero-order valence-electron chi connectivity index (χ0n) is 17.6. The third-order valence-corrected chi connectivity index (χ3v) is 6.68. The lowest BCUT2D eigenvalue weighted by atomic mass is 10.1. The van der Waals surface area contributed by atoms with Gasteiger partial charge in [-0.2, -0.15) is 0 Å². The molecule has 0 radical (unpaired) electrons. The summed E-state index contributed by atoms with van der Waals surface area (Å²) < 4.78 is 28.0. The van der Waals surface area contributed by atoms with E-state index in [1.165, 1.54) is 16.4 Å². The molecule has 3 rings (SSSR count). The summed E-state index contributed by atoms with van der Waals surface area (Å²) in [5, 5.41) is 2.86. The highest BCUT2D eigenvalue weighted by Gasteiger charge is 2.28. The van der Waals surface area contributed by atoms with Crippen molar-refractivity contribution >= 4 is 27.3 Å². The highest BCUT2D eigenvalue weighted by Crippen LogP contribution is 2.28. The predicted octanol–water partition coefficient (Wildman–Crippen LogP) is 4.75. The molecule has 30 heavy (non-hydrogen) atoms. The number of anilines is 2. The lowest BCUT2D eigenvalue weighted by molar-refractivity contribution is -0.114. The molecule has 5 nitrogen and oxygen atoms in total. The average molecular weight is 423 g/mol. The lowest BCUT2D eigenvalue weighted by Crippen LogP contribution is -2.38. The molecule has 0 saturated heterocycles. The minimum atomic E-state index is -3.92. The Bertz CT molecular complexity index is 1170. The van der Waals surface area contributed by atoms with E-state index in [1.54, 1.807) is 24.3 Å². The van der Waals surface area contributed by atoms with Crippen molar-refractivity contribution in [2.24, 2.45) is 0 Å². The second-order valence-corrected chi connectivity index (χ2v) is 9.34. The van der Waals surface area contributed by atoms with Crippen LogP contribution in [-0.4, -0.2) is 20.9 Å². The van der Waals surface area contributed by atoms with E-state index < -0.39 is 15.9 Å². The fourth-order valence-corrected chi connectivity index (χ4v) is 4.80. The van der Waals surface area contributed by atoms with Crippen molar-refractivity contribution in [1.82, 2.24) is 0 Å². The molecule has 3 aromatic carbocycles. The summed E-state index contributed by atoms with van der Waals surface area (Å²) in [6.45, 7) is 7.31. The van der Waals surface area contributed by atoms with E-state index in [0.717, 1.165) is 22.3 Å². The molecule has 0 unspecified atom stereocenters. The van der Waals surface area contributed by atoms with E-state index in [4.69, 9.17) is 0 Å². The fraction of sp³-hybridized carbons (Fsp3) is 0.208. The van der Waals surface area contributed by atoms with Crippen molar-refractivity contribution in [3.8, 4) is 0 Å². The van der Waals surface area contributed by atoms with Gasteiger partial charge in [-0.3, -0.25) is 9.10 Å². The Morgan fingerprint density at radius 1 is 0.833 bits per heavy atom. The predicted molar refractivity (Wildman–Crippen MR) is 121 cm³/mol. The zero-order chi connectivity index (χ0) is 21.9. The Morgan fingerprint density at radius 2 is 1.47 bits per heavy atom. The van der Waals surface area contributed by atoms with Gasteiger partial charge in [-0.05, 0) is 68.7 Å². The molecular formula is C24H26N2O3S. The minimum absolute atomic E-state index is 0.143. The summed E-state index contributed by atoms with van der Waals surface area (Å²) in [4.78, 5) is 13.0. The van der Waals surface area contributed by atoms with Gasteiger partial charge in [0.2, 0.25) is 5.91 Å². The number of nitrogens with one attached hydrogen (secondary N) is 1. The molecule has 0 bridgehead atoms. The van der Waals surface area contributed by atoms with Gasteiger partial charge in [0, 0.05) is 5.69 Å². The third kappa shape index (κ3) is 4.71. The van der Waals surface area contributed by atoms with E-state index in [-0.39, 0.29) is 11.4 Å². The van der Waals surface area contributed by atoms with Crippen LogP contribution in [0.15, 0.2) is 71.6 Å². The molecule has 0 aliphatic heterocycles. The number of carbonyl (C=O) groups is 1. The Hall–Kier alpha value is -3.12. The van der Waals surface area contributed by atoms with Crippen LogP contribution >= 0.6 is 0 Å². The first-order valence-corrected chi connectivity index (χ1v) is 11.1. The number of nitrogens with zero attached hydrogens (tertiary/aromatic N) is 1. The summed E-state index contributed by atoms with van der Waals surface area (Å²) in [5.74, 6) is -0.400. The molecule has 1 amide bonds. The van der Waals surface area contributed by atoms with Crippen LogP contribution in [0.4, 0.5) is 11.4 Å². The van der Waals surface area contributed by atoms with Crippen LogP contribution < -0.4 is 9.62 Å². The van der Waals surface area contributed by atoms with Gasteiger partial charge in [-0.1, -0.05) is 48.0 Å². The van der Waals surface area contributed by atoms with Crippen LogP contribution in [0, 0.1) is 27.7 Å². The molecule has 0 atom stereocenters. The van der Waals surface area contributed by atoms with Gasteiger partial charge in [-0.15, -0.1) is 0 Å². The van der Waals surface area contributed by atoms with Gasteiger partial charge in [0.05, 0.1) is 10.6 Å². The van der Waals surface area contributed by atoms with E-state index in [1.807, 2.05) is 58.0 Å². The Labute approximate surface area is 178 Å². The van der Waals surface area contributed by atoms with E-state index in [2.05, 4.69) is 5.32 Å². The van der Waals surface area contributed by atoms with Crippen molar-refractivity contribution in [2.45, 2.75) is 32.6 Å². The molecule has 3 aromatic rings. The van der Waals surface area contributed by atoms with Crippen LogP contribution in [0.5, 0.6) is 0 Å². The minimum Gasteiger partial charge on any atom is -0.324 e. The van der Waals surface area contributed by atoms with Crippen molar-refractivity contribution < 1.29 is 13.2 Å². The number of carbonyl (C=O) groups excluding carboxylic acids is 1. The van der Waals surface area contributed by atoms with Gasteiger partial charge in [0.15, 0.2) is 0 Å². The Kier molecular flexibility index (Phi) is 6.27. The van der Waals surface area contributed by atoms with Crippen LogP contribution in [0.2, 0.25) is 0 Å². The maximum atomic E-state index is 13.4. The number of hydrogen-bond donors (Lipinski definition) is 1. The van der Waals surface area contributed by atoms with Crippen LogP contribution in [0.3, 0.4) is 0 Å². The second kappa shape index (κ2) is 8.71. The largest absolute Gasteiger partial charge is 0.324 e. The molecule has 6 heteroatoms. The van der Waals surface area contributed by atoms with Crippen molar-refractivity contribution in [3.05, 3.63) is 89.0 Å². The summed E-state index contributed by atoms with van der Waals surface area (Å²) in [6.07, 6.45) is 0. The number of hydrogen-bond acceptors (Lipinski definition) is 3. The van der Waals surface area contributed by atoms with Crippen LogP contribution in [0.25, 0.3) is 0 Å². The number of sulfonamides is 1. The number of aryl methyl sites for hydroxylation is 4. The number of rotatable bonds is 6. The molecule has 1 N–H and O–H groups in total. The summed E-state index contributed by atoms with van der Waals surface area (Å²) in [5.41, 5.74) is 4.90. The Morgan fingerprint density at radius 3 is 2.13 bits per heavy atom. The monoisotopic (exact) mass is 422 g/mol. The van der Waals surface area contributed by atoms with Gasteiger partial charge in [-0.25, -0.2) is 8.42 Å². The molecule has 0 spiro atoms. The first kappa shape index (κ1) is 21.6. The maximum absolute atomic E-state index is 13.4. The number of amides is 1. The Balaban J connectivity index is 1.99. The van der Waals surface area contributed by atoms with Crippen molar-refractivity contribution in [3.63, 3.8) is 0 Å². The van der Waals surface area contributed by atoms with E-state index >= 15 is 0 Å². The van der Waals surface area contributed by atoms with E-state index in [0.29, 0.717) is 11.4 Å². The summed E-state index contributed by atoms with van der Waals surface area (Å²) >= 11 is 0. The summed E-state index contributed by atoms with van der Waals surface area (Å²) in [6, 6.07) is 19.4. The molecule has 0 aliphatic rings. The standard InChI is InChI=1S/C24H26N2O3S/c1-17-11-13-23(20(4)14-17)26(30(28,29)21-8-6-5-7-9-21)16-24(27)25-22-15-18(2)10-12-19(22)3/h5-15H,16H2,1-4H3,(H,25,27). The molecule has 0 aromatic heterocycles. The smallest absolute Gasteiger partial charge is 0.264 e. The topological polar surface area (TPSA) is 66.5 Å². The lowest BCUT2D eigenvalue weighted by Gasteiger charge is -2.26. The summed E-state index contributed by atoms with van der Waals surface area (Å²) in [7, 11) is -3.92. The first-order valence-electron chi connectivity index (χ1n) is 9.70. The van der Waals surface area contributed by atoms with Crippen molar-refractivity contribution in [2.75, 3.05) is 16.2 Å². The highest BCUT2D eigenvalue weighted by atomic mass is 32.2. The number of benzene rings is 3. The van der Waals surface area contributed by atoms with Crippen molar-refractivity contribution in [1.29, 1.82) is 0 Å². The van der Waals surface area contributed by atoms with Gasteiger partial charge < -0.3 is 5.32 Å². The highest BCUT2D eigenvalue weighted by molar-refractivity contribution is 7.92. The third-order valence-electron chi connectivity index (χ3n) is 4.91. The first-order chi connectivity index (χ1) is 14.2. The molecule has 0 fully saturated rings. The van der Waals surface area contributed by atoms with Gasteiger partial charge in [0.25, 0.3) is 10.0 Å². The van der Waals surface area contributed by atoms with E-state index in [9.17, 15) is 13.2 Å². The SMILES string of the molecule is Cc1ccc(N(CC(=O)Nc2cc(C)ccc2C)S(=O)(=O)c2ccccc2)c(C)c1. The zero-order valence-corrected chi connectivity index (χ0v) is 18.5. The van der Waals surface area contributed by atoms with Crippen LogP contribution in [0.1, 0.15) is 22.3 Å². The fourth-order valence-electron chi connectivity index (χ4n) is 3.30. The molecule has 0 saturated carbocycles. The average Bonchev–Trinajstić information content (AvgIpc) is 2.70. The molecule has 0 aliphatic carbocycles.